The standard InChI is InChI=1S/C43H62FN9O15S/c1-30(42(62)53-12-2-4-37(53)68-69(44,65)66)46-41(61)32-9-10-45-34-6-5-31(26-33(32)34)67-25-3-11-47-17-23-52(24-18-47)36(54)8-7-35(43(63)64)51-21-19-49(28-39(57)58)15-13-48(27-38(55)56)14-16-50(20-22-51)29-40(59)60/h5-6,9-10,26,30,35,37H,2-4,7-8,11-25,27-29H2,1H3,(H,46,61)(H,55,56)(H,57,58)(H,59,60)(H,63,64). The van der Waals surface area contributed by atoms with Gasteiger partial charge in [0.25, 0.3) is 5.91 Å². The van der Waals surface area contributed by atoms with Crippen LogP contribution in [-0.4, -0.2) is 246 Å². The zero-order valence-electron chi connectivity index (χ0n) is 38.5. The van der Waals surface area contributed by atoms with Gasteiger partial charge in [0.15, 0.2) is 6.23 Å². The number of carbonyl (C=O) groups excluding carboxylic acids is 3. The van der Waals surface area contributed by atoms with E-state index in [1.165, 1.54) is 19.2 Å². The number of halogens is 1. The van der Waals surface area contributed by atoms with E-state index in [0.717, 1.165) is 4.90 Å². The molecule has 0 saturated carbocycles. The minimum absolute atomic E-state index is 0.0286. The van der Waals surface area contributed by atoms with E-state index in [1.54, 1.807) is 42.7 Å². The Morgan fingerprint density at radius 3 is 1.90 bits per heavy atom. The second-order valence-electron chi connectivity index (χ2n) is 17.2. The molecular formula is C43H62FN9O15S. The van der Waals surface area contributed by atoms with Crippen LogP contribution in [0.3, 0.4) is 0 Å². The zero-order chi connectivity index (χ0) is 50.3. The van der Waals surface area contributed by atoms with Gasteiger partial charge in [-0.25, -0.2) is 4.18 Å². The molecule has 69 heavy (non-hydrogen) atoms. The predicted octanol–water partition coefficient (Wildman–Crippen LogP) is -0.846. The van der Waals surface area contributed by atoms with Gasteiger partial charge in [-0.3, -0.25) is 63.0 Å². The molecule has 1 aromatic heterocycles. The lowest BCUT2D eigenvalue weighted by Gasteiger charge is -2.36. The molecule has 24 nitrogen and oxygen atoms in total. The predicted molar refractivity (Wildman–Crippen MR) is 242 cm³/mol. The first kappa shape index (κ1) is 54.3. The minimum atomic E-state index is -5.30. The van der Waals surface area contributed by atoms with Gasteiger partial charge in [-0.1, -0.05) is 3.89 Å². The summed E-state index contributed by atoms with van der Waals surface area (Å²) in [6, 6.07) is 4.36. The van der Waals surface area contributed by atoms with Crippen molar-refractivity contribution in [3.63, 3.8) is 0 Å². The first-order valence-electron chi connectivity index (χ1n) is 22.8. The second kappa shape index (κ2) is 25.8. The van der Waals surface area contributed by atoms with E-state index in [4.69, 9.17) is 4.74 Å². The number of amides is 3. The number of hydrogen-bond acceptors (Lipinski definition) is 17. The number of carbonyl (C=O) groups is 7. The number of ether oxygens (including phenoxy) is 1. The summed E-state index contributed by atoms with van der Waals surface area (Å²) < 4.78 is 45.7. The number of nitrogens with zero attached hydrogens (tertiary/aromatic N) is 8. The van der Waals surface area contributed by atoms with Crippen molar-refractivity contribution < 1.29 is 75.2 Å². The highest BCUT2D eigenvalue weighted by atomic mass is 32.3. The van der Waals surface area contributed by atoms with Crippen molar-refractivity contribution in [2.45, 2.75) is 57.3 Å². The van der Waals surface area contributed by atoms with E-state index in [-0.39, 0.29) is 109 Å². The maximum Gasteiger partial charge on any atom is 0.439 e. The van der Waals surface area contributed by atoms with Crippen LogP contribution >= 0.6 is 0 Å². The number of fused-ring (bicyclic) bond motifs is 1. The normalized spacial score (nSPS) is 19.8. The fourth-order valence-corrected chi connectivity index (χ4v) is 9.18. The van der Waals surface area contributed by atoms with Crippen LogP contribution < -0.4 is 10.1 Å². The van der Waals surface area contributed by atoms with Crippen molar-refractivity contribution in [3.8, 4) is 5.75 Å². The highest BCUT2D eigenvalue weighted by Crippen LogP contribution is 2.25. The fraction of sp³-hybridized carbons (Fsp3) is 0.628. The lowest BCUT2D eigenvalue weighted by atomic mass is 10.1. The molecule has 0 aliphatic carbocycles. The third-order valence-electron chi connectivity index (χ3n) is 12.3. The largest absolute Gasteiger partial charge is 0.494 e. The quantitative estimate of drug-likeness (QED) is 0.0752. The van der Waals surface area contributed by atoms with E-state index in [0.29, 0.717) is 68.8 Å². The smallest absolute Gasteiger partial charge is 0.439 e. The highest BCUT2D eigenvalue weighted by Gasteiger charge is 2.36. The van der Waals surface area contributed by atoms with Crippen LogP contribution in [0, 0.1) is 0 Å². The Kier molecular flexibility index (Phi) is 20.3. The van der Waals surface area contributed by atoms with E-state index in [2.05, 4.69) is 19.4 Å². The van der Waals surface area contributed by atoms with Crippen molar-refractivity contribution in [2.24, 2.45) is 0 Å². The molecule has 5 rings (SSSR count). The van der Waals surface area contributed by atoms with E-state index >= 15 is 0 Å². The van der Waals surface area contributed by atoms with Gasteiger partial charge in [-0.05, 0) is 56.9 Å². The number of aliphatic carboxylic acids is 4. The van der Waals surface area contributed by atoms with Gasteiger partial charge in [-0.15, -0.1) is 0 Å². The Hall–Kier alpha value is -5.64. The van der Waals surface area contributed by atoms with Gasteiger partial charge >= 0.3 is 34.4 Å². The third-order valence-corrected chi connectivity index (χ3v) is 12.8. The molecule has 3 fully saturated rings. The topological polar surface area (TPSA) is 301 Å². The van der Waals surface area contributed by atoms with Crippen LogP contribution in [0.15, 0.2) is 30.5 Å². The summed E-state index contributed by atoms with van der Waals surface area (Å²) in [5, 5.41) is 41.9. The van der Waals surface area contributed by atoms with Gasteiger partial charge in [0.05, 0.1) is 37.3 Å². The summed E-state index contributed by atoms with van der Waals surface area (Å²) in [4.78, 5) is 103. The first-order chi connectivity index (χ1) is 32.8. The van der Waals surface area contributed by atoms with Crippen molar-refractivity contribution >= 4 is 63.0 Å². The molecule has 3 aliphatic rings. The maximum atomic E-state index is 13.4. The molecule has 26 heteroatoms. The molecular weight excluding hydrogens is 934 g/mol. The number of aromatic nitrogens is 1. The molecule has 382 valence electrons. The van der Waals surface area contributed by atoms with E-state index in [9.17, 15) is 66.3 Å². The number of carboxylic acid groups (broad SMARTS) is 4. The van der Waals surface area contributed by atoms with Crippen LogP contribution in [0.5, 0.6) is 5.75 Å². The molecule has 1 aromatic carbocycles. The maximum absolute atomic E-state index is 13.4. The molecule has 3 amide bonds. The molecule has 0 radical (unpaired) electrons. The zero-order valence-corrected chi connectivity index (χ0v) is 39.3. The number of hydrogen-bond donors (Lipinski definition) is 5. The monoisotopic (exact) mass is 995 g/mol. The third kappa shape index (κ3) is 17.4. The molecule has 3 atom stereocenters. The SMILES string of the molecule is CC(NC(=O)c1ccnc2ccc(OCCCN3CCN(C(=O)CCC(C(=O)O)N4CCN(CC(=O)O)CCN(CC(=O)O)CCN(CC(=O)O)CC4)CC3)cc12)C(=O)N1CCCC1OS(=O)(=O)F. The molecule has 4 heterocycles. The average molecular weight is 996 g/mol. The fourth-order valence-electron chi connectivity index (χ4n) is 8.71. The van der Waals surface area contributed by atoms with Crippen LogP contribution in [-0.2, 0) is 43.5 Å². The summed E-state index contributed by atoms with van der Waals surface area (Å²) in [5.74, 6) is -5.41. The number of likely N-dealkylation sites (tertiary alicyclic amines) is 1. The summed E-state index contributed by atoms with van der Waals surface area (Å²) >= 11 is 0. The van der Waals surface area contributed by atoms with Crippen molar-refractivity contribution in [1.29, 1.82) is 0 Å². The van der Waals surface area contributed by atoms with Crippen molar-refractivity contribution in [1.82, 2.24) is 44.6 Å². The Bertz CT molecular complexity index is 2220. The molecule has 3 saturated heterocycles. The van der Waals surface area contributed by atoms with Gasteiger partial charge in [-0.2, -0.15) is 8.42 Å². The Morgan fingerprint density at radius 2 is 1.35 bits per heavy atom. The van der Waals surface area contributed by atoms with Crippen molar-refractivity contribution in [2.75, 3.05) is 118 Å². The molecule has 3 aliphatic heterocycles. The average Bonchev–Trinajstić information content (AvgIpc) is 3.73. The summed E-state index contributed by atoms with van der Waals surface area (Å²) in [7, 11) is -5.30. The van der Waals surface area contributed by atoms with E-state index in [1.807, 2.05) is 0 Å². The molecule has 3 unspecified atom stereocenters. The lowest BCUT2D eigenvalue weighted by molar-refractivity contribution is -0.145. The minimum Gasteiger partial charge on any atom is -0.494 e. The molecule has 5 N–H and O–H groups in total. The Balaban J connectivity index is 1.09. The number of rotatable bonds is 21. The first-order valence-corrected chi connectivity index (χ1v) is 24.1. The highest BCUT2D eigenvalue weighted by molar-refractivity contribution is 7.81. The summed E-state index contributed by atoms with van der Waals surface area (Å²) in [5.41, 5.74) is 0.713. The van der Waals surface area contributed by atoms with Crippen LogP contribution in [0.2, 0.25) is 0 Å². The van der Waals surface area contributed by atoms with Crippen LogP contribution in [0.4, 0.5) is 3.89 Å². The Morgan fingerprint density at radius 1 is 0.783 bits per heavy atom. The molecule has 2 aromatic rings. The second-order valence-corrected chi connectivity index (χ2v) is 18.2. The Labute approximate surface area is 398 Å². The summed E-state index contributed by atoms with van der Waals surface area (Å²) in [6.45, 7) is 4.79. The van der Waals surface area contributed by atoms with Crippen LogP contribution in [0.1, 0.15) is 49.4 Å². The van der Waals surface area contributed by atoms with Gasteiger partial charge in [0.2, 0.25) is 11.8 Å². The van der Waals surface area contributed by atoms with Gasteiger partial charge in [0, 0.05) is 110 Å². The summed E-state index contributed by atoms with van der Waals surface area (Å²) in [6.07, 6.45) is 1.20. The van der Waals surface area contributed by atoms with Gasteiger partial charge in [0.1, 0.15) is 17.8 Å². The lowest BCUT2D eigenvalue weighted by Crippen LogP contribution is -2.52. The number of benzene rings is 1. The number of piperazine rings is 1. The molecule has 0 spiro atoms. The number of carboxylic acids is 4. The van der Waals surface area contributed by atoms with Crippen LogP contribution in [0.25, 0.3) is 10.9 Å². The van der Waals surface area contributed by atoms with Gasteiger partial charge < -0.3 is 40.3 Å². The van der Waals surface area contributed by atoms with E-state index < -0.39 is 64.5 Å². The molecule has 0 bridgehead atoms. The van der Waals surface area contributed by atoms with Crippen molar-refractivity contribution in [3.05, 3.63) is 36.0 Å². The number of nitrogens with one attached hydrogen (secondary N) is 1. The number of pyridine rings is 1.